The second-order valence-corrected chi connectivity index (χ2v) is 5.82. The number of ether oxygens (including phenoxy) is 1. The molecule has 9 heteroatoms. The zero-order chi connectivity index (χ0) is 18.1. The monoisotopic (exact) mass is 357 g/mol. The van der Waals surface area contributed by atoms with Crippen LogP contribution in [0.1, 0.15) is 12.0 Å². The van der Waals surface area contributed by atoms with Crippen LogP contribution in [0.5, 0.6) is 0 Å². The summed E-state index contributed by atoms with van der Waals surface area (Å²) < 4.78 is 36.3. The molecule has 0 amide bonds. The Morgan fingerprint density at radius 1 is 1.24 bits per heavy atom. The van der Waals surface area contributed by atoms with Gasteiger partial charge in [0.2, 0.25) is 0 Å². The number of halogens is 2. The Balaban J connectivity index is 1.87. The maximum Gasteiger partial charge on any atom is 0.336 e. The Hall–Kier alpha value is -2.07. The molecule has 1 fully saturated rings. The van der Waals surface area contributed by atoms with Crippen LogP contribution < -0.4 is 10.9 Å². The number of anilines is 1. The first-order valence-electron chi connectivity index (χ1n) is 7.62. The van der Waals surface area contributed by atoms with Crippen LogP contribution in [-0.4, -0.2) is 52.9 Å². The van der Waals surface area contributed by atoms with Gasteiger partial charge < -0.3 is 29.8 Å². The van der Waals surface area contributed by atoms with E-state index in [-0.39, 0.29) is 17.6 Å². The SMILES string of the molecule is O=c1cc(C(F)F)c2ccc(N[C@@H]3COC(CO)[C@@H](O)C3O)cc2o1. The highest BCUT2D eigenvalue weighted by Gasteiger charge is 2.38. The molecule has 0 saturated carbocycles. The Kier molecular flexibility index (Phi) is 5.00. The fourth-order valence-electron chi connectivity index (χ4n) is 2.84. The third kappa shape index (κ3) is 3.49. The second-order valence-electron chi connectivity index (χ2n) is 5.82. The van der Waals surface area contributed by atoms with Gasteiger partial charge in [-0.05, 0) is 12.1 Å². The fraction of sp³-hybridized carbons (Fsp3) is 0.438. The molecule has 1 aromatic heterocycles. The first kappa shape index (κ1) is 17.7. The summed E-state index contributed by atoms with van der Waals surface area (Å²) in [5.74, 6) is 0. The van der Waals surface area contributed by atoms with Crippen LogP contribution >= 0.6 is 0 Å². The summed E-state index contributed by atoms with van der Waals surface area (Å²) >= 11 is 0. The van der Waals surface area contributed by atoms with E-state index in [0.29, 0.717) is 5.69 Å². The lowest BCUT2D eigenvalue weighted by atomic mass is 9.98. The van der Waals surface area contributed by atoms with Gasteiger partial charge in [0.05, 0.1) is 19.3 Å². The molecule has 1 aromatic carbocycles. The van der Waals surface area contributed by atoms with Crippen molar-refractivity contribution >= 4 is 16.7 Å². The molecular weight excluding hydrogens is 340 g/mol. The van der Waals surface area contributed by atoms with Crippen LogP contribution in [0.4, 0.5) is 14.5 Å². The maximum atomic E-state index is 13.0. The van der Waals surface area contributed by atoms with Crippen molar-refractivity contribution in [3.8, 4) is 0 Å². The molecule has 0 radical (unpaired) electrons. The molecule has 1 saturated heterocycles. The van der Waals surface area contributed by atoms with Crippen molar-refractivity contribution in [2.75, 3.05) is 18.5 Å². The predicted molar refractivity (Wildman–Crippen MR) is 83.7 cm³/mol. The Morgan fingerprint density at radius 2 is 2.00 bits per heavy atom. The third-order valence-electron chi connectivity index (χ3n) is 4.18. The number of hydrogen-bond acceptors (Lipinski definition) is 7. The molecule has 0 aliphatic carbocycles. The summed E-state index contributed by atoms with van der Waals surface area (Å²) in [6.07, 6.45) is -6.18. The standard InChI is InChI=1S/C16H17F2NO6/c17-16(18)9-4-13(21)25-11-3-7(1-2-8(9)11)19-10-6-24-12(5-20)15(23)14(10)22/h1-4,10,12,14-16,19-20,22-23H,5-6H2/t10-,12?,14?,15-/m1/s1. The lowest BCUT2D eigenvalue weighted by molar-refractivity contribution is -0.152. The number of aliphatic hydroxyl groups is 3. The van der Waals surface area contributed by atoms with Gasteiger partial charge in [-0.1, -0.05) is 0 Å². The van der Waals surface area contributed by atoms with Crippen molar-refractivity contribution in [3.05, 3.63) is 40.2 Å². The third-order valence-corrected chi connectivity index (χ3v) is 4.18. The van der Waals surface area contributed by atoms with E-state index in [9.17, 15) is 23.8 Å². The minimum Gasteiger partial charge on any atom is -0.423 e. The average Bonchev–Trinajstić information content (AvgIpc) is 2.58. The number of alkyl halides is 2. The predicted octanol–water partition coefficient (Wildman–Crippen LogP) is 0.624. The van der Waals surface area contributed by atoms with Crippen molar-refractivity contribution in [1.29, 1.82) is 0 Å². The van der Waals surface area contributed by atoms with E-state index in [1.54, 1.807) is 0 Å². The molecule has 2 heterocycles. The number of hydrogen-bond donors (Lipinski definition) is 4. The summed E-state index contributed by atoms with van der Waals surface area (Å²) in [7, 11) is 0. The summed E-state index contributed by atoms with van der Waals surface area (Å²) in [6, 6.07) is 4.29. The Morgan fingerprint density at radius 3 is 2.68 bits per heavy atom. The average molecular weight is 357 g/mol. The molecule has 3 rings (SSSR count). The van der Waals surface area contributed by atoms with Gasteiger partial charge in [-0.25, -0.2) is 13.6 Å². The molecule has 25 heavy (non-hydrogen) atoms. The highest BCUT2D eigenvalue weighted by molar-refractivity contribution is 5.83. The molecular formula is C16H17F2NO6. The summed E-state index contributed by atoms with van der Waals surface area (Å²) in [5.41, 5.74) is -0.931. The van der Waals surface area contributed by atoms with Gasteiger partial charge in [-0.3, -0.25) is 0 Å². The smallest absolute Gasteiger partial charge is 0.336 e. The lowest BCUT2D eigenvalue weighted by Crippen LogP contribution is -2.56. The van der Waals surface area contributed by atoms with Gasteiger partial charge >= 0.3 is 5.63 Å². The number of rotatable bonds is 4. The molecule has 1 aliphatic heterocycles. The summed E-state index contributed by atoms with van der Waals surface area (Å²) in [6.45, 7) is -0.412. The van der Waals surface area contributed by atoms with Crippen molar-refractivity contribution < 1.29 is 33.3 Å². The lowest BCUT2D eigenvalue weighted by Gasteiger charge is -2.37. The van der Waals surface area contributed by atoms with Crippen LogP contribution in [0, 0.1) is 0 Å². The molecule has 1 aliphatic rings. The van der Waals surface area contributed by atoms with E-state index in [1.807, 2.05) is 0 Å². The van der Waals surface area contributed by atoms with Crippen molar-refractivity contribution in [2.45, 2.75) is 30.8 Å². The highest BCUT2D eigenvalue weighted by atomic mass is 19.3. The normalized spacial score (nSPS) is 27.0. The van der Waals surface area contributed by atoms with Crippen LogP contribution in [0.3, 0.4) is 0 Å². The van der Waals surface area contributed by atoms with E-state index in [2.05, 4.69) is 5.32 Å². The largest absolute Gasteiger partial charge is 0.423 e. The number of nitrogens with one attached hydrogen (secondary N) is 1. The van der Waals surface area contributed by atoms with Crippen LogP contribution in [-0.2, 0) is 4.74 Å². The topological polar surface area (TPSA) is 112 Å². The van der Waals surface area contributed by atoms with Gasteiger partial charge in [0, 0.05) is 28.8 Å². The van der Waals surface area contributed by atoms with Crippen molar-refractivity contribution in [2.24, 2.45) is 0 Å². The minimum absolute atomic E-state index is 0.0164. The Bertz CT molecular complexity index is 811. The highest BCUT2D eigenvalue weighted by Crippen LogP contribution is 2.29. The van der Waals surface area contributed by atoms with Gasteiger partial charge in [-0.15, -0.1) is 0 Å². The minimum atomic E-state index is -2.82. The van der Waals surface area contributed by atoms with Gasteiger partial charge in [-0.2, -0.15) is 0 Å². The summed E-state index contributed by atoms with van der Waals surface area (Å²) in [5, 5.41) is 32.0. The summed E-state index contributed by atoms with van der Waals surface area (Å²) in [4.78, 5) is 11.4. The molecule has 2 aromatic rings. The van der Waals surface area contributed by atoms with E-state index in [1.165, 1.54) is 18.2 Å². The van der Waals surface area contributed by atoms with E-state index < -0.39 is 48.6 Å². The van der Waals surface area contributed by atoms with Crippen LogP contribution in [0.15, 0.2) is 33.5 Å². The molecule has 0 bridgehead atoms. The quantitative estimate of drug-likeness (QED) is 0.594. The molecule has 7 nitrogen and oxygen atoms in total. The zero-order valence-electron chi connectivity index (χ0n) is 12.9. The van der Waals surface area contributed by atoms with Gasteiger partial charge in [0.1, 0.15) is 23.9 Å². The Labute approximate surface area is 140 Å². The van der Waals surface area contributed by atoms with Gasteiger partial charge in [0.15, 0.2) is 0 Å². The number of benzene rings is 1. The van der Waals surface area contributed by atoms with Crippen molar-refractivity contribution in [1.82, 2.24) is 0 Å². The van der Waals surface area contributed by atoms with E-state index >= 15 is 0 Å². The molecule has 136 valence electrons. The van der Waals surface area contributed by atoms with Crippen molar-refractivity contribution in [3.63, 3.8) is 0 Å². The zero-order valence-corrected chi connectivity index (χ0v) is 12.9. The first-order valence-corrected chi connectivity index (χ1v) is 7.62. The molecule has 4 atom stereocenters. The van der Waals surface area contributed by atoms with Gasteiger partial charge in [0.25, 0.3) is 6.43 Å². The second kappa shape index (κ2) is 7.04. The number of fused-ring (bicyclic) bond motifs is 1. The first-order chi connectivity index (χ1) is 11.9. The fourth-order valence-corrected chi connectivity index (χ4v) is 2.84. The molecule has 4 N–H and O–H groups in total. The van der Waals surface area contributed by atoms with Crippen LogP contribution in [0.25, 0.3) is 11.0 Å². The number of aliphatic hydroxyl groups excluding tert-OH is 3. The maximum absolute atomic E-state index is 13.0. The van der Waals surface area contributed by atoms with E-state index in [4.69, 9.17) is 14.3 Å². The van der Waals surface area contributed by atoms with E-state index in [0.717, 1.165) is 6.07 Å². The molecule has 2 unspecified atom stereocenters. The molecule has 0 spiro atoms. The van der Waals surface area contributed by atoms with Crippen LogP contribution in [0.2, 0.25) is 0 Å².